The number of hydrogen-bond donors (Lipinski definition) is 2. The first-order valence-electron chi connectivity index (χ1n) is 20.3. The number of likely N-dealkylation sites (N-methyl/N-ethyl adjacent to an activating group) is 1. The molecule has 2 N–H and O–H groups in total. The summed E-state index contributed by atoms with van der Waals surface area (Å²) < 4.78 is 25.7. The molecule has 1 amide bonds. The smallest absolute Gasteiger partial charge is 0.409 e. The number of ether oxygens (including phenoxy) is 4. The number of nitro benzene ring substituents is 2. The molecule has 1 saturated carbocycles. The number of allylic oxidation sites excluding steroid dienone is 1. The Morgan fingerprint density at radius 2 is 1.70 bits per heavy atom. The number of hydrogen-bond acceptors (Lipinski definition) is 13. The Kier molecular flexibility index (Phi) is 14.5. The minimum Gasteiger partial charge on any atom is -0.459 e. The first-order valence-corrected chi connectivity index (χ1v) is 20.3. The first kappa shape index (κ1) is 43.7. The highest BCUT2D eigenvalue weighted by Gasteiger charge is 2.65. The summed E-state index contributed by atoms with van der Waals surface area (Å²) in [5.41, 5.74) is 2.67. The normalized spacial score (nSPS) is 23.3. The third kappa shape index (κ3) is 9.46. The van der Waals surface area contributed by atoms with Crippen molar-refractivity contribution in [1.82, 2.24) is 4.90 Å². The molecule has 1 aliphatic heterocycles. The van der Waals surface area contributed by atoms with Crippen LogP contribution in [0.5, 0.6) is 17.2 Å². The predicted octanol–water partition coefficient (Wildman–Crippen LogP) is 8.22. The second-order valence-electron chi connectivity index (χ2n) is 15.1. The van der Waals surface area contributed by atoms with Gasteiger partial charge in [-0.1, -0.05) is 36.2 Å². The summed E-state index contributed by atoms with van der Waals surface area (Å²) in [6.45, 7) is 5.95. The molecule has 16 nitrogen and oxygen atoms in total. The number of benzene rings is 3. The van der Waals surface area contributed by atoms with Crippen LogP contribution >= 0.6 is 0 Å². The standard InChI is InChI=1S/C44H52N4O12/c1-4-23-57-44-40(46(3)43(51)56-5-2)27-38(45-58-28-29-15-17-31(18-16-29)47(52)53)36-24-30(11-6-8-21-49)35(14-7-9-22-50)41(42(36)44)37-26-34(19-20-39(37)60-44)59-33-13-10-12-32(25-33)48(54)55/h4,10,12-13,15-20,24-26,30,35,40-42,49-50H,1,5-9,11,14,21-23,27-28H2,2-3H3/t30-,35+,40-,41+,42+,44+/m0/s1. The van der Waals surface area contributed by atoms with Crippen molar-refractivity contribution in [2.45, 2.75) is 76.2 Å². The quantitative estimate of drug-likeness (QED) is 0.0478. The number of rotatable bonds is 20. The summed E-state index contributed by atoms with van der Waals surface area (Å²) >= 11 is 0. The number of oxime groups is 1. The molecular weight excluding hydrogens is 776 g/mol. The number of nitrogens with zero attached hydrogens (tertiary/aromatic N) is 4. The van der Waals surface area contributed by atoms with Crippen molar-refractivity contribution >= 4 is 23.2 Å². The second kappa shape index (κ2) is 19.9. The first-order chi connectivity index (χ1) is 29.0. The van der Waals surface area contributed by atoms with E-state index < -0.39 is 33.7 Å². The number of non-ortho nitro benzene ring substituents is 2. The zero-order valence-electron chi connectivity index (χ0n) is 33.9. The van der Waals surface area contributed by atoms with Crippen molar-refractivity contribution in [3.05, 3.63) is 122 Å². The summed E-state index contributed by atoms with van der Waals surface area (Å²) in [6, 6.07) is 16.6. The van der Waals surface area contributed by atoms with Crippen LogP contribution in [0.15, 0.2) is 96.2 Å². The van der Waals surface area contributed by atoms with E-state index in [9.17, 15) is 35.2 Å². The molecule has 0 unspecified atom stereocenters. The maximum absolute atomic E-state index is 13.7. The SMILES string of the molecule is C=CCO[C@@]12Oc3ccc(Oc4cccc([N+](=O)[O-])c4)cc3[C@H]3[C@H](CCCCO)[C@@H](CCCCO)C=C(C(=NOCc4ccc([N+](=O)[O-])cc4)C[C@@H]1N(C)C(=O)OCC)[C@H]32. The fourth-order valence-corrected chi connectivity index (χ4v) is 8.84. The molecule has 6 atom stereocenters. The zero-order chi connectivity index (χ0) is 42.8. The fourth-order valence-electron chi connectivity index (χ4n) is 8.84. The number of carbonyl (C=O) groups excluding carboxylic acids is 1. The van der Waals surface area contributed by atoms with Gasteiger partial charge >= 0.3 is 6.09 Å². The topological polar surface area (TPSA) is 206 Å². The Hall–Kier alpha value is -5.84. The fraction of sp³-hybridized carbons (Fsp3) is 0.455. The van der Waals surface area contributed by atoms with Gasteiger partial charge in [0, 0.05) is 56.4 Å². The van der Waals surface area contributed by atoms with Gasteiger partial charge in [0.25, 0.3) is 11.4 Å². The third-order valence-electron chi connectivity index (χ3n) is 11.5. The van der Waals surface area contributed by atoms with E-state index >= 15 is 0 Å². The van der Waals surface area contributed by atoms with Crippen LogP contribution in [-0.4, -0.2) is 82.1 Å². The second-order valence-corrected chi connectivity index (χ2v) is 15.1. The molecular formula is C44H52N4O12. The van der Waals surface area contributed by atoms with Crippen molar-refractivity contribution in [1.29, 1.82) is 0 Å². The van der Waals surface area contributed by atoms with Crippen LogP contribution in [0.2, 0.25) is 0 Å². The average Bonchev–Trinajstić information content (AvgIpc) is 3.24. The minimum atomic E-state index is -1.50. The van der Waals surface area contributed by atoms with E-state index in [0.717, 1.165) is 30.4 Å². The van der Waals surface area contributed by atoms with E-state index in [1.54, 1.807) is 56.4 Å². The molecule has 0 bridgehead atoms. The number of amides is 1. The Labute approximate surface area is 348 Å². The van der Waals surface area contributed by atoms with Crippen LogP contribution in [0, 0.1) is 38.0 Å². The van der Waals surface area contributed by atoms with E-state index in [0.29, 0.717) is 42.0 Å². The number of aliphatic hydroxyl groups excluding tert-OH is 2. The van der Waals surface area contributed by atoms with Crippen LogP contribution in [-0.2, 0) is 20.9 Å². The summed E-state index contributed by atoms with van der Waals surface area (Å²) in [6.07, 6.45) is 7.49. The van der Waals surface area contributed by atoms with Crippen molar-refractivity contribution in [2.75, 3.05) is 33.5 Å². The van der Waals surface area contributed by atoms with Crippen LogP contribution in [0.25, 0.3) is 0 Å². The molecule has 3 aliphatic rings. The Morgan fingerprint density at radius 3 is 2.38 bits per heavy atom. The Bertz CT molecular complexity index is 2070. The van der Waals surface area contributed by atoms with Crippen molar-refractivity contribution in [3.63, 3.8) is 0 Å². The van der Waals surface area contributed by atoms with Crippen molar-refractivity contribution in [3.8, 4) is 17.2 Å². The van der Waals surface area contributed by atoms with Gasteiger partial charge in [0.2, 0.25) is 5.79 Å². The zero-order valence-corrected chi connectivity index (χ0v) is 33.9. The molecule has 0 radical (unpaired) electrons. The molecule has 16 heteroatoms. The van der Waals surface area contributed by atoms with E-state index in [-0.39, 0.29) is 74.3 Å². The van der Waals surface area contributed by atoms with Gasteiger partial charge in [-0.05, 0) is 92.0 Å². The molecule has 2 aliphatic carbocycles. The maximum Gasteiger partial charge on any atom is 0.409 e. The van der Waals surface area contributed by atoms with E-state index in [1.165, 1.54) is 29.2 Å². The van der Waals surface area contributed by atoms with Gasteiger partial charge in [-0.2, -0.15) is 0 Å². The van der Waals surface area contributed by atoms with Gasteiger partial charge in [-0.15, -0.1) is 6.58 Å². The van der Waals surface area contributed by atoms with Gasteiger partial charge in [-0.3, -0.25) is 20.2 Å². The lowest BCUT2D eigenvalue weighted by atomic mass is 9.55. The molecule has 1 fully saturated rings. The lowest BCUT2D eigenvalue weighted by molar-refractivity contribution is -0.385. The molecule has 60 heavy (non-hydrogen) atoms. The lowest BCUT2D eigenvalue weighted by Crippen LogP contribution is -2.69. The largest absolute Gasteiger partial charge is 0.459 e. The Balaban J connectivity index is 1.53. The summed E-state index contributed by atoms with van der Waals surface area (Å²) in [5.74, 6) is -1.31. The molecule has 320 valence electrons. The highest BCUT2D eigenvalue weighted by molar-refractivity contribution is 6.03. The molecule has 0 aromatic heterocycles. The van der Waals surface area contributed by atoms with Crippen LogP contribution in [0.1, 0.15) is 68.9 Å². The van der Waals surface area contributed by atoms with Crippen LogP contribution < -0.4 is 9.47 Å². The Morgan fingerprint density at radius 1 is 0.983 bits per heavy atom. The molecule has 1 heterocycles. The van der Waals surface area contributed by atoms with Gasteiger partial charge in [0.1, 0.15) is 29.9 Å². The number of aliphatic hydroxyl groups is 2. The highest BCUT2D eigenvalue weighted by Crippen LogP contribution is 2.62. The summed E-state index contributed by atoms with van der Waals surface area (Å²) in [7, 11) is 1.63. The highest BCUT2D eigenvalue weighted by atomic mass is 16.7. The van der Waals surface area contributed by atoms with Gasteiger partial charge in [-0.25, -0.2) is 4.79 Å². The maximum atomic E-state index is 13.7. The number of unbranched alkanes of at least 4 members (excludes halogenated alkanes) is 2. The summed E-state index contributed by atoms with van der Waals surface area (Å²) in [5, 5.41) is 47.3. The third-order valence-corrected chi connectivity index (χ3v) is 11.5. The van der Waals surface area contributed by atoms with E-state index in [2.05, 4.69) is 12.7 Å². The van der Waals surface area contributed by atoms with Crippen molar-refractivity contribution < 1.29 is 48.6 Å². The van der Waals surface area contributed by atoms with E-state index in [1.807, 2.05) is 6.07 Å². The molecule has 0 saturated heterocycles. The van der Waals surface area contributed by atoms with Gasteiger partial charge in [0.15, 0.2) is 0 Å². The monoisotopic (exact) mass is 828 g/mol. The molecule has 0 spiro atoms. The number of fused-ring (bicyclic) bond motifs is 2. The minimum absolute atomic E-state index is 0.0146. The van der Waals surface area contributed by atoms with Gasteiger partial charge < -0.3 is 38.9 Å². The summed E-state index contributed by atoms with van der Waals surface area (Å²) in [4.78, 5) is 43.1. The number of carbonyl (C=O) groups is 1. The average molecular weight is 829 g/mol. The van der Waals surface area contributed by atoms with Crippen LogP contribution in [0.4, 0.5) is 16.2 Å². The predicted molar refractivity (Wildman–Crippen MR) is 221 cm³/mol. The van der Waals surface area contributed by atoms with Crippen LogP contribution in [0.3, 0.4) is 0 Å². The van der Waals surface area contributed by atoms with Crippen molar-refractivity contribution in [2.24, 2.45) is 22.9 Å². The number of nitro groups is 2. The van der Waals surface area contributed by atoms with Gasteiger partial charge in [0.05, 0.1) is 40.8 Å². The molecule has 6 rings (SSSR count). The van der Waals surface area contributed by atoms with E-state index in [4.69, 9.17) is 28.9 Å². The molecule has 3 aromatic rings. The lowest BCUT2D eigenvalue weighted by Gasteiger charge is -2.59. The molecule has 3 aromatic carbocycles.